The zero-order valence-electron chi connectivity index (χ0n) is 10.7. The van der Waals surface area contributed by atoms with Crippen LogP contribution in [0, 0.1) is 0 Å². The van der Waals surface area contributed by atoms with Crippen molar-refractivity contribution in [2.45, 2.75) is 24.9 Å². The number of rotatable bonds is 2. The van der Waals surface area contributed by atoms with Crippen molar-refractivity contribution in [3.63, 3.8) is 0 Å². The van der Waals surface area contributed by atoms with Gasteiger partial charge in [0.2, 0.25) is 0 Å². The van der Waals surface area contributed by atoms with Gasteiger partial charge in [0.1, 0.15) is 0 Å². The molecule has 102 valence electrons. The second-order valence-electron chi connectivity index (χ2n) is 5.19. The number of aromatic nitrogens is 1. The standard InChI is InChI=1S/C14H18N2O2S/c17-10-14(18)6-3-8-16(9-7-14)13-15-11-4-1-2-5-12(11)19-13/h1-2,4-5,17-18H,3,6-10H2/t14-/m0/s1. The molecule has 5 heteroatoms. The maximum absolute atomic E-state index is 10.2. The maximum atomic E-state index is 10.2. The lowest BCUT2D eigenvalue weighted by Gasteiger charge is -2.24. The van der Waals surface area contributed by atoms with E-state index in [1.54, 1.807) is 11.3 Å². The van der Waals surface area contributed by atoms with Crippen LogP contribution in [0.3, 0.4) is 0 Å². The molecule has 3 rings (SSSR count). The minimum absolute atomic E-state index is 0.152. The van der Waals surface area contributed by atoms with E-state index < -0.39 is 5.60 Å². The van der Waals surface area contributed by atoms with E-state index in [2.05, 4.69) is 16.0 Å². The van der Waals surface area contributed by atoms with Gasteiger partial charge in [0.15, 0.2) is 5.13 Å². The third-order valence-corrected chi connectivity index (χ3v) is 4.86. The molecule has 2 aromatic rings. The molecule has 1 atom stereocenters. The van der Waals surface area contributed by atoms with E-state index in [-0.39, 0.29) is 6.61 Å². The lowest BCUT2D eigenvalue weighted by atomic mass is 9.96. The number of nitrogens with zero attached hydrogens (tertiary/aromatic N) is 2. The minimum Gasteiger partial charge on any atom is -0.393 e. The summed E-state index contributed by atoms with van der Waals surface area (Å²) in [5.41, 5.74) is 0.120. The van der Waals surface area contributed by atoms with E-state index in [1.165, 1.54) is 4.70 Å². The van der Waals surface area contributed by atoms with Crippen molar-refractivity contribution in [3.8, 4) is 0 Å². The van der Waals surface area contributed by atoms with Crippen LogP contribution >= 0.6 is 11.3 Å². The Morgan fingerprint density at radius 1 is 1.26 bits per heavy atom. The molecule has 0 unspecified atom stereocenters. The van der Waals surface area contributed by atoms with Crippen LogP contribution in [0.1, 0.15) is 19.3 Å². The molecule has 19 heavy (non-hydrogen) atoms. The molecule has 0 aliphatic carbocycles. The molecule has 1 aromatic carbocycles. The summed E-state index contributed by atoms with van der Waals surface area (Å²) in [6.45, 7) is 1.49. The van der Waals surface area contributed by atoms with Crippen molar-refractivity contribution in [2.24, 2.45) is 0 Å². The van der Waals surface area contributed by atoms with E-state index in [0.29, 0.717) is 12.8 Å². The van der Waals surface area contributed by atoms with Gasteiger partial charge in [-0.3, -0.25) is 0 Å². The zero-order valence-corrected chi connectivity index (χ0v) is 11.6. The Kier molecular flexibility index (Phi) is 3.43. The molecular formula is C14H18N2O2S. The Bertz CT molecular complexity index is 538. The van der Waals surface area contributed by atoms with Crippen LogP contribution in [0.15, 0.2) is 24.3 Å². The number of anilines is 1. The monoisotopic (exact) mass is 278 g/mol. The molecule has 4 nitrogen and oxygen atoms in total. The number of hydrogen-bond donors (Lipinski definition) is 2. The van der Waals surface area contributed by atoms with Crippen LogP contribution in [-0.4, -0.2) is 40.5 Å². The molecule has 0 bridgehead atoms. The van der Waals surface area contributed by atoms with Crippen molar-refractivity contribution in [1.82, 2.24) is 4.98 Å². The molecule has 2 N–H and O–H groups in total. The first-order chi connectivity index (χ1) is 9.20. The number of fused-ring (bicyclic) bond motifs is 1. The van der Waals surface area contributed by atoms with Gasteiger partial charge in [-0.1, -0.05) is 23.5 Å². The quantitative estimate of drug-likeness (QED) is 0.882. The first kappa shape index (κ1) is 12.8. The van der Waals surface area contributed by atoms with Gasteiger partial charge in [-0.25, -0.2) is 4.98 Å². The number of benzene rings is 1. The van der Waals surface area contributed by atoms with Crippen molar-refractivity contribution >= 4 is 26.7 Å². The van der Waals surface area contributed by atoms with Crippen LogP contribution in [0.4, 0.5) is 5.13 Å². The summed E-state index contributed by atoms with van der Waals surface area (Å²) in [6, 6.07) is 8.13. The Balaban J connectivity index is 1.82. The van der Waals surface area contributed by atoms with Gasteiger partial charge < -0.3 is 15.1 Å². The van der Waals surface area contributed by atoms with Gasteiger partial charge in [0, 0.05) is 13.1 Å². The SMILES string of the molecule is OC[C@]1(O)CCCN(c2nc3ccccc3s2)CC1. The van der Waals surface area contributed by atoms with Crippen LogP contribution < -0.4 is 4.90 Å². The molecule has 1 aliphatic rings. The number of para-hydroxylation sites is 1. The lowest BCUT2D eigenvalue weighted by Crippen LogP contribution is -2.34. The van der Waals surface area contributed by atoms with Gasteiger partial charge in [-0.2, -0.15) is 0 Å². The third-order valence-electron chi connectivity index (χ3n) is 3.76. The third kappa shape index (κ3) is 2.59. The largest absolute Gasteiger partial charge is 0.393 e. The summed E-state index contributed by atoms with van der Waals surface area (Å²) in [5.74, 6) is 0. The summed E-state index contributed by atoms with van der Waals surface area (Å²) in [4.78, 5) is 6.87. The Hall–Kier alpha value is -1.17. The summed E-state index contributed by atoms with van der Waals surface area (Å²) < 4.78 is 1.19. The molecule has 0 spiro atoms. The smallest absolute Gasteiger partial charge is 0.186 e. The molecule has 0 amide bonds. The molecule has 1 aliphatic heterocycles. The van der Waals surface area contributed by atoms with Crippen molar-refractivity contribution in [3.05, 3.63) is 24.3 Å². The fourth-order valence-corrected chi connectivity index (χ4v) is 3.54. The average Bonchev–Trinajstić information content (AvgIpc) is 2.76. The summed E-state index contributed by atoms with van der Waals surface area (Å²) in [6.07, 6.45) is 2.14. The topological polar surface area (TPSA) is 56.6 Å². The number of aliphatic hydroxyl groups excluding tert-OH is 1. The van der Waals surface area contributed by atoms with E-state index in [1.807, 2.05) is 18.2 Å². The highest BCUT2D eigenvalue weighted by atomic mass is 32.1. The maximum Gasteiger partial charge on any atom is 0.186 e. The molecule has 2 heterocycles. The summed E-state index contributed by atoms with van der Waals surface area (Å²) >= 11 is 1.69. The number of aliphatic hydroxyl groups is 2. The molecule has 0 saturated carbocycles. The van der Waals surface area contributed by atoms with Crippen LogP contribution in [0.25, 0.3) is 10.2 Å². The van der Waals surface area contributed by atoms with E-state index in [4.69, 9.17) is 0 Å². The Labute approximate surface area is 116 Å². The zero-order chi connectivity index (χ0) is 13.3. The van der Waals surface area contributed by atoms with Crippen LogP contribution in [-0.2, 0) is 0 Å². The van der Waals surface area contributed by atoms with Crippen molar-refractivity contribution in [1.29, 1.82) is 0 Å². The van der Waals surface area contributed by atoms with Crippen LogP contribution in [0.5, 0.6) is 0 Å². The first-order valence-corrected chi connectivity index (χ1v) is 7.46. The van der Waals surface area contributed by atoms with E-state index in [0.717, 1.165) is 30.2 Å². The van der Waals surface area contributed by atoms with Gasteiger partial charge in [-0.15, -0.1) is 0 Å². The minimum atomic E-state index is -0.911. The Morgan fingerprint density at radius 2 is 2.11 bits per heavy atom. The summed E-state index contributed by atoms with van der Waals surface area (Å²) in [7, 11) is 0. The lowest BCUT2D eigenvalue weighted by molar-refractivity contribution is -0.0232. The Morgan fingerprint density at radius 3 is 2.89 bits per heavy atom. The van der Waals surface area contributed by atoms with Gasteiger partial charge in [0.25, 0.3) is 0 Å². The fraction of sp³-hybridized carbons (Fsp3) is 0.500. The van der Waals surface area contributed by atoms with Gasteiger partial charge >= 0.3 is 0 Å². The predicted octanol–water partition coefficient (Wildman–Crippen LogP) is 2.01. The number of thiazole rings is 1. The average molecular weight is 278 g/mol. The molecule has 1 saturated heterocycles. The van der Waals surface area contributed by atoms with E-state index >= 15 is 0 Å². The van der Waals surface area contributed by atoms with Crippen LogP contribution in [0.2, 0.25) is 0 Å². The second kappa shape index (κ2) is 5.07. The summed E-state index contributed by atoms with van der Waals surface area (Å²) in [5, 5.41) is 20.5. The molecule has 0 radical (unpaired) electrons. The fourth-order valence-electron chi connectivity index (χ4n) is 2.52. The number of hydrogen-bond acceptors (Lipinski definition) is 5. The molecular weight excluding hydrogens is 260 g/mol. The molecule has 1 aromatic heterocycles. The highest BCUT2D eigenvalue weighted by Gasteiger charge is 2.30. The van der Waals surface area contributed by atoms with Crippen molar-refractivity contribution < 1.29 is 10.2 Å². The van der Waals surface area contributed by atoms with Gasteiger partial charge in [0.05, 0.1) is 22.4 Å². The highest BCUT2D eigenvalue weighted by Crippen LogP contribution is 2.31. The normalized spacial score (nSPS) is 24.6. The first-order valence-electron chi connectivity index (χ1n) is 6.64. The molecule has 1 fully saturated rings. The van der Waals surface area contributed by atoms with Gasteiger partial charge in [-0.05, 0) is 31.4 Å². The highest BCUT2D eigenvalue weighted by molar-refractivity contribution is 7.22. The van der Waals surface area contributed by atoms with E-state index in [9.17, 15) is 10.2 Å². The van der Waals surface area contributed by atoms with Crippen molar-refractivity contribution in [2.75, 3.05) is 24.6 Å². The predicted molar refractivity (Wildman–Crippen MR) is 77.7 cm³/mol. The second-order valence-corrected chi connectivity index (χ2v) is 6.20.